The summed E-state index contributed by atoms with van der Waals surface area (Å²) in [6.07, 6.45) is -5.35. The quantitative estimate of drug-likeness (QED) is 0.451. The molecule has 0 aromatic heterocycles. The van der Waals surface area contributed by atoms with Gasteiger partial charge in [0.1, 0.15) is 18.8 Å². The Labute approximate surface area is 134 Å². The van der Waals surface area contributed by atoms with E-state index in [-0.39, 0.29) is 6.61 Å². The maximum Gasteiger partial charge on any atom is 0.523 e. The van der Waals surface area contributed by atoms with Gasteiger partial charge in [-0.1, -0.05) is 30.3 Å². The molecule has 1 aromatic carbocycles. The lowest BCUT2D eigenvalue weighted by Crippen LogP contribution is -2.52. The van der Waals surface area contributed by atoms with Gasteiger partial charge in [-0.2, -0.15) is 21.6 Å². The van der Waals surface area contributed by atoms with Gasteiger partial charge < -0.3 is 14.2 Å². The van der Waals surface area contributed by atoms with E-state index in [0.29, 0.717) is 5.56 Å². The molecule has 7 nitrogen and oxygen atoms in total. The van der Waals surface area contributed by atoms with Gasteiger partial charge in [-0.15, -0.1) is 0 Å². The minimum absolute atomic E-state index is 0.279. The first-order valence-corrected chi connectivity index (χ1v) is 8.12. The molecule has 3 rings (SSSR count). The van der Waals surface area contributed by atoms with Crippen molar-refractivity contribution in [3.05, 3.63) is 35.9 Å². The van der Waals surface area contributed by atoms with Crippen LogP contribution in [0.25, 0.3) is 0 Å². The second-order valence-corrected chi connectivity index (χ2v) is 6.63. The van der Waals surface area contributed by atoms with Gasteiger partial charge in [-0.3, -0.25) is 0 Å². The molecular weight excluding hydrogens is 357 g/mol. The molecule has 0 spiro atoms. The number of ether oxygens (including phenoxy) is 3. The highest BCUT2D eigenvalue weighted by atomic mass is 32.2. The number of alkyl halides is 3. The minimum atomic E-state index is -5.99. The Morgan fingerprint density at radius 2 is 1.79 bits per heavy atom. The predicted octanol–water partition coefficient (Wildman–Crippen LogP) is 1.26. The number of halogens is 3. The third kappa shape index (κ3) is 3.11. The van der Waals surface area contributed by atoms with Crippen LogP contribution in [0.3, 0.4) is 0 Å². The number of carbonyl (C=O) groups excluding carboxylic acids is 1. The summed E-state index contributed by atoms with van der Waals surface area (Å²) in [5.41, 5.74) is -5.12. The highest BCUT2D eigenvalue weighted by Crippen LogP contribution is 2.37. The maximum absolute atomic E-state index is 12.5. The molecule has 0 saturated carbocycles. The van der Waals surface area contributed by atoms with E-state index in [1.807, 2.05) is 0 Å². The fourth-order valence-electron chi connectivity index (χ4n) is 2.33. The van der Waals surface area contributed by atoms with Crippen molar-refractivity contribution in [3.8, 4) is 0 Å². The topological polar surface area (TPSA) is 88.1 Å². The Balaban J connectivity index is 1.82. The number of rotatable bonds is 3. The van der Waals surface area contributed by atoms with Crippen LogP contribution in [-0.2, 0) is 33.3 Å². The first kappa shape index (κ1) is 17.1. The number of carbonyl (C=O) groups is 1. The zero-order chi connectivity index (χ0) is 17.5. The van der Waals surface area contributed by atoms with Gasteiger partial charge in [-0.05, 0) is 0 Å². The molecular formula is C13H11F3O7S. The molecule has 2 saturated heterocycles. The standard InChI is InChI=1S/C13H11F3O7S/c14-13(15,16)24(18,19)23-10-9-8(6-20-11(10)17)21-12(22-9)7-4-2-1-3-5-7/h1-5,8-10,12H,6H2/t8-,9-,10-,12-/m1/s1. The Bertz CT molecular complexity index is 719. The van der Waals surface area contributed by atoms with Crippen LogP contribution in [0, 0.1) is 0 Å². The van der Waals surface area contributed by atoms with Crippen LogP contribution in [-0.4, -0.2) is 44.8 Å². The average molecular weight is 368 g/mol. The third-order valence-corrected chi connectivity index (χ3v) is 4.48. The molecule has 11 heteroatoms. The smallest absolute Gasteiger partial charge is 0.461 e. The number of fused-ring (bicyclic) bond motifs is 1. The molecule has 2 aliphatic heterocycles. The van der Waals surface area contributed by atoms with E-state index in [0.717, 1.165) is 0 Å². The molecule has 0 bridgehead atoms. The van der Waals surface area contributed by atoms with Crippen molar-refractivity contribution in [1.82, 2.24) is 0 Å². The summed E-state index contributed by atoms with van der Waals surface area (Å²) in [5.74, 6) is -1.26. The summed E-state index contributed by atoms with van der Waals surface area (Å²) < 4.78 is 79.3. The predicted molar refractivity (Wildman–Crippen MR) is 69.7 cm³/mol. The SMILES string of the molecule is O=C1OC[C@H]2O[C@@H](c3ccccc3)O[C@H]2[C@H]1OS(=O)(=O)C(F)(F)F. The molecule has 24 heavy (non-hydrogen) atoms. The van der Waals surface area contributed by atoms with Gasteiger partial charge in [-0.25, -0.2) is 8.98 Å². The Kier molecular flexibility index (Phi) is 4.28. The molecule has 0 amide bonds. The number of hydrogen-bond acceptors (Lipinski definition) is 7. The number of hydrogen-bond donors (Lipinski definition) is 0. The fraction of sp³-hybridized carbons (Fsp3) is 0.462. The summed E-state index contributed by atoms with van der Waals surface area (Å²) in [6.45, 7) is -0.279. The van der Waals surface area contributed by atoms with Crippen molar-refractivity contribution in [1.29, 1.82) is 0 Å². The molecule has 2 aliphatic rings. The van der Waals surface area contributed by atoms with Gasteiger partial charge in [0.2, 0.25) is 6.10 Å². The van der Waals surface area contributed by atoms with Gasteiger partial charge in [0.05, 0.1) is 0 Å². The Hall–Kier alpha value is -1.69. The van der Waals surface area contributed by atoms with Crippen LogP contribution in [0.15, 0.2) is 30.3 Å². The van der Waals surface area contributed by atoms with Gasteiger partial charge >= 0.3 is 21.6 Å². The largest absolute Gasteiger partial charge is 0.523 e. The van der Waals surface area contributed by atoms with Crippen molar-refractivity contribution in [2.24, 2.45) is 0 Å². The van der Waals surface area contributed by atoms with E-state index in [1.165, 1.54) is 0 Å². The molecule has 0 N–H and O–H groups in total. The normalized spacial score (nSPS) is 30.7. The lowest BCUT2D eigenvalue weighted by Gasteiger charge is -2.29. The second-order valence-electron chi connectivity index (χ2n) is 5.06. The number of benzene rings is 1. The highest BCUT2D eigenvalue weighted by molar-refractivity contribution is 7.87. The van der Waals surface area contributed by atoms with Gasteiger partial charge in [0.25, 0.3) is 0 Å². The van der Waals surface area contributed by atoms with Crippen LogP contribution in [0.2, 0.25) is 0 Å². The third-order valence-electron chi connectivity index (χ3n) is 3.45. The zero-order valence-electron chi connectivity index (χ0n) is 11.8. The van der Waals surface area contributed by atoms with Crippen molar-refractivity contribution in [3.63, 3.8) is 0 Å². The van der Waals surface area contributed by atoms with Crippen LogP contribution in [0.1, 0.15) is 11.9 Å². The lowest BCUT2D eigenvalue weighted by molar-refractivity contribution is -0.171. The molecule has 2 heterocycles. The van der Waals surface area contributed by atoms with E-state index in [2.05, 4.69) is 8.92 Å². The van der Waals surface area contributed by atoms with Crippen molar-refractivity contribution in [2.75, 3.05) is 6.61 Å². The van der Waals surface area contributed by atoms with E-state index in [1.54, 1.807) is 30.3 Å². The van der Waals surface area contributed by atoms with Crippen LogP contribution in [0.5, 0.6) is 0 Å². The summed E-state index contributed by atoms with van der Waals surface area (Å²) in [5, 5.41) is 0. The second kappa shape index (κ2) is 5.99. The zero-order valence-corrected chi connectivity index (χ0v) is 12.6. The van der Waals surface area contributed by atoms with E-state index < -0.39 is 46.2 Å². The Morgan fingerprint density at radius 3 is 2.42 bits per heavy atom. The molecule has 132 valence electrons. The molecule has 2 fully saturated rings. The molecule has 0 radical (unpaired) electrons. The molecule has 0 unspecified atom stereocenters. The summed E-state index contributed by atoms with van der Waals surface area (Å²) in [4.78, 5) is 11.7. The first-order valence-electron chi connectivity index (χ1n) is 6.71. The number of cyclic esters (lactones) is 1. The van der Waals surface area contributed by atoms with Crippen LogP contribution < -0.4 is 0 Å². The lowest BCUT2D eigenvalue weighted by atomic mass is 10.1. The van der Waals surface area contributed by atoms with E-state index >= 15 is 0 Å². The van der Waals surface area contributed by atoms with Crippen LogP contribution >= 0.6 is 0 Å². The Morgan fingerprint density at radius 1 is 1.12 bits per heavy atom. The number of esters is 1. The monoisotopic (exact) mass is 368 g/mol. The molecule has 0 aliphatic carbocycles. The highest BCUT2D eigenvalue weighted by Gasteiger charge is 2.56. The van der Waals surface area contributed by atoms with E-state index in [4.69, 9.17) is 9.47 Å². The summed E-state index contributed by atoms with van der Waals surface area (Å²) in [6, 6.07) is 8.40. The van der Waals surface area contributed by atoms with Crippen molar-refractivity contribution >= 4 is 16.1 Å². The summed E-state index contributed by atoms with van der Waals surface area (Å²) >= 11 is 0. The van der Waals surface area contributed by atoms with E-state index in [9.17, 15) is 26.4 Å². The molecule has 4 atom stereocenters. The summed E-state index contributed by atoms with van der Waals surface area (Å²) in [7, 11) is -5.99. The fourth-order valence-corrected chi connectivity index (χ4v) is 2.90. The minimum Gasteiger partial charge on any atom is -0.461 e. The van der Waals surface area contributed by atoms with Gasteiger partial charge in [0, 0.05) is 5.56 Å². The van der Waals surface area contributed by atoms with Gasteiger partial charge in [0.15, 0.2) is 6.29 Å². The van der Waals surface area contributed by atoms with Crippen molar-refractivity contribution < 1.29 is 44.8 Å². The maximum atomic E-state index is 12.5. The molecule has 1 aromatic rings. The van der Waals surface area contributed by atoms with Crippen LogP contribution in [0.4, 0.5) is 13.2 Å². The first-order chi connectivity index (χ1) is 11.2. The van der Waals surface area contributed by atoms with Crippen molar-refractivity contribution in [2.45, 2.75) is 30.1 Å². The average Bonchev–Trinajstić information content (AvgIpc) is 2.94.